The monoisotopic (exact) mass is 228 g/mol. The van der Waals surface area contributed by atoms with Crippen LogP contribution in [0.1, 0.15) is 33.6 Å². The van der Waals surface area contributed by atoms with Crippen molar-refractivity contribution >= 4 is 5.97 Å². The van der Waals surface area contributed by atoms with Crippen LogP contribution in [0.2, 0.25) is 0 Å². The zero-order valence-electron chi connectivity index (χ0n) is 10.9. The molecule has 0 aromatic carbocycles. The van der Waals surface area contributed by atoms with Crippen LogP contribution in [0, 0.1) is 0 Å². The Bertz CT molecular complexity index is 236. The molecule has 0 aromatic rings. The first-order valence-electron chi connectivity index (χ1n) is 6.00. The Morgan fingerprint density at radius 2 is 2.19 bits per heavy atom. The average molecular weight is 228 g/mol. The fraction of sp³-hybridized carbons (Fsp3) is 0.917. The summed E-state index contributed by atoms with van der Waals surface area (Å²) >= 11 is 0. The molecule has 1 heterocycles. The molecule has 0 radical (unpaired) electrons. The molecule has 1 atom stereocenters. The molecule has 1 aliphatic heterocycles. The molecule has 0 bridgehead atoms. The summed E-state index contributed by atoms with van der Waals surface area (Å²) in [4.78, 5) is 13.8. The fourth-order valence-corrected chi connectivity index (χ4v) is 1.94. The number of hydrogen-bond acceptors (Lipinski definition) is 4. The molecule has 1 aliphatic rings. The van der Waals surface area contributed by atoms with Gasteiger partial charge in [-0.1, -0.05) is 0 Å². The minimum Gasteiger partial charge on any atom is -0.459 e. The van der Waals surface area contributed by atoms with Crippen molar-refractivity contribution in [3.8, 4) is 0 Å². The lowest BCUT2D eigenvalue weighted by atomic mass is 10.1. The molecule has 4 nitrogen and oxygen atoms in total. The number of ether oxygens (including phenoxy) is 1. The van der Waals surface area contributed by atoms with Crippen LogP contribution in [0.4, 0.5) is 0 Å². The number of carbonyl (C=O) groups excluding carboxylic acids is 1. The molecule has 0 saturated carbocycles. The van der Waals surface area contributed by atoms with Crippen molar-refractivity contribution in [1.82, 2.24) is 10.2 Å². The van der Waals surface area contributed by atoms with Crippen LogP contribution in [-0.4, -0.2) is 49.2 Å². The van der Waals surface area contributed by atoms with E-state index < -0.39 is 0 Å². The molecule has 1 saturated heterocycles. The van der Waals surface area contributed by atoms with Crippen LogP contribution in [0.5, 0.6) is 0 Å². The Labute approximate surface area is 98.3 Å². The molecular formula is C12H24N2O2. The minimum absolute atomic E-state index is 0.166. The first kappa shape index (κ1) is 13.5. The third-order valence-corrected chi connectivity index (χ3v) is 2.58. The van der Waals surface area contributed by atoms with Crippen LogP contribution in [0.3, 0.4) is 0 Å². The topological polar surface area (TPSA) is 41.6 Å². The molecular weight excluding hydrogens is 204 g/mol. The number of likely N-dealkylation sites (tertiary alicyclic amines) is 1. The van der Waals surface area contributed by atoms with Crippen molar-refractivity contribution in [3.05, 3.63) is 0 Å². The van der Waals surface area contributed by atoms with Crippen molar-refractivity contribution < 1.29 is 9.53 Å². The zero-order valence-corrected chi connectivity index (χ0v) is 10.9. The average Bonchev–Trinajstić information content (AvgIpc) is 2.12. The second-order valence-electron chi connectivity index (χ2n) is 5.57. The summed E-state index contributed by atoms with van der Waals surface area (Å²) in [7, 11) is 2.11. The van der Waals surface area contributed by atoms with E-state index in [-0.39, 0.29) is 11.6 Å². The molecule has 1 fully saturated rings. The van der Waals surface area contributed by atoms with Gasteiger partial charge in [0.05, 0.1) is 6.54 Å². The number of piperidine rings is 1. The summed E-state index contributed by atoms with van der Waals surface area (Å²) in [6, 6.07) is 0.422. The summed E-state index contributed by atoms with van der Waals surface area (Å²) in [5.74, 6) is -0.166. The molecule has 0 aliphatic carbocycles. The highest BCUT2D eigenvalue weighted by Gasteiger charge is 2.20. The quantitative estimate of drug-likeness (QED) is 0.732. The van der Waals surface area contributed by atoms with E-state index in [1.54, 1.807) is 0 Å². The summed E-state index contributed by atoms with van der Waals surface area (Å²) in [6.07, 6.45) is 2.34. The number of likely N-dealkylation sites (N-methyl/N-ethyl adjacent to an activating group) is 1. The molecule has 1 unspecified atom stereocenters. The Balaban J connectivity index is 2.21. The molecule has 16 heavy (non-hydrogen) atoms. The molecule has 1 rings (SSSR count). The van der Waals surface area contributed by atoms with E-state index in [4.69, 9.17) is 4.74 Å². The lowest BCUT2D eigenvalue weighted by molar-refractivity contribution is -0.153. The van der Waals surface area contributed by atoms with Gasteiger partial charge in [0, 0.05) is 12.6 Å². The molecule has 0 aromatic heterocycles. The lowest BCUT2D eigenvalue weighted by Gasteiger charge is -2.30. The number of hydrogen-bond donors (Lipinski definition) is 1. The van der Waals surface area contributed by atoms with E-state index in [0.29, 0.717) is 12.6 Å². The van der Waals surface area contributed by atoms with Gasteiger partial charge in [0.15, 0.2) is 0 Å². The van der Waals surface area contributed by atoms with Crippen molar-refractivity contribution in [2.24, 2.45) is 0 Å². The van der Waals surface area contributed by atoms with Gasteiger partial charge < -0.3 is 15.0 Å². The van der Waals surface area contributed by atoms with Crippen LogP contribution in [-0.2, 0) is 9.53 Å². The smallest absolute Gasteiger partial charge is 0.320 e. The van der Waals surface area contributed by atoms with Gasteiger partial charge in [-0.25, -0.2) is 0 Å². The SMILES string of the molecule is CN1CCCC(NCC(=O)OC(C)(C)C)C1. The van der Waals surface area contributed by atoms with Gasteiger partial charge in [-0.05, 0) is 47.2 Å². The largest absolute Gasteiger partial charge is 0.459 e. The maximum Gasteiger partial charge on any atom is 0.320 e. The highest BCUT2D eigenvalue weighted by Crippen LogP contribution is 2.09. The van der Waals surface area contributed by atoms with E-state index >= 15 is 0 Å². The van der Waals surface area contributed by atoms with E-state index in [1.807, 2.05) is 20.8 Å². The summed E-state index contributed by atoms with van der Waals surface area (Å²) in [5, 5.41) is 3.26. The fourth-order valence-electron chi connectivity index (χ4n) is 1.94. The Morgan fingerprint density at radius 1 is 1.50 bits per heavy atom. The first-order valence-corrected chi connectivity index (χ1v) is 6.00. The van der Waals surface area contributed by atoms with Crippen molar-refractivity contribution in [3.63, 3.8) is 0 Å². The van der Waals surface area contributed by atoms with Gasteiger partial charge in [-0.2, -0.15) is 0 Å². The molecule has 94 valence electrons. The Morgan fingerprint density at radius 3 is 2.75 bits per heavy atom. The van der Waals surface area contributed by atoms with E-state index in [0.717, 1.165) is 19.5 Å². The zero-order chi connectivity index (χ0) is 12.2. The highest BCUT2D eigenvalue weighted by molar-refractivity contribution is 5.72. The predicted molar refractivity (Wildman–Crippen MR) is 64.4 cm³/mol. The van der Waals surface area contributed by atoms with Gasteiger partial charge in [-0.15, -0.1) is 0 Å². The van der Waals surface area contributed by atoms with Gasteiger partial charge in [0.2, 0.25) is 0 Å². The highest BCUT2D eigenvalue weighted by atomic mass is 16.6. The summed E-state index contributed by atoms with van der Waals surface area (Å²) in [5.41, 5.74) is -0.387. The Hall–Kier alpha value is -0.610. The number of esters is 1. The van der Waals surface area contributed by atoms with Crippen molar-refractivity contribution in [1.29, 1.82) is 0 Å². The van der Waals surface area contributed by atoms with Gasteiger partial charge >= 0.3 is 5.97 Å². The van der Waals surface area contributed by atoms with Crippen molar-refractivity contribution in [2.45, 2.75) is 45.3 Å². The van der Waals surface area contributed by atoms with Crippen molar-refractivity contribution in [2.75, 3.05) is 26.7 Å². The predicted octanol–water partition coefficient (Wildman–Crippen LogP) is 1.01. The maximum absolute atomic E-state index is 11.5. The van der Waals surface area contributed by atoms with E-state index in [2.05, 4.69) is 17.3 Å². The lowest BCUT2D eigenvalue weighted by Crippen LogP contribution is -2.46. The second-order valence-corrected chi connectivity index (χ2v) is 5.57. The molecule has 0 amide bonds. The van der Waals surface area contributed by atoms with Crippen LogP contribution in [0.15, 0.2) is 0 Å². The van der Waals surface area contributed by atoms with Crippen LogP contribution < -0.4 is 5.32 Å². The number of nitrogens with one attached hydrogen (secondary N) is 1. The maximum atomic E-state index is 11.5. The van der Waals surface area contributed by atoms with Crippen LogP contribution in [0.25, 0.3) is 0 Å². The van der Waals surface area contributed by atoms with Gasteiger partial charge in [-0.3, -0.25) is 4.79 Å². The number of rotatable bonds is 3. The normalized spacial score (nSPS) is 23.1. The number of carbonyl (C=O) groups is 1. The molecule has 1 N–H and O–H groups in total. The summed E-state index contributed by atoms with van der Waals surface area (Å²) < 4.78 is 5.24. The summed E-state index contributed by atoms with van der Waals surface area (Å²) in [6.45, 7) is 8.15. The third kappa shape index (κ3) is 5.47. The van der Waals surface area contributed by atoms with E-state index in [1.165, 1.54) is 6.42 Å². The van der Waals surface area contributed by atoms with Gasteiger partial charge in [0.1, 0.15) is 5.60 Å². The second kappa shape index (κ2) is 5.64. The molecule has 0 spiro atoms. The first-order chi connectivity index (χ1) is 7.37. The van der Waals surface area contributed by atoms with E-state index in [9.17, 15) is 4.79 Å². The van der Waals surface area contributed by atoms with Gasteiger partial charge in [0.25, 0.3) is 0 Å². The molecule has 4 heteroatoms. The third-order valence-electron chi connectivity index (χ3n) is 2.58. The standard InChI is InChI=1S/C12H24N2O2/c1-12(2,3)16-11(15)8-13-10-6-5-7-14(4)9-10/h10,13H,5-9H2,1-4H3. The van der Waals surface area contributed by atoms with Crippen LogP contribution >= 0.6 is 0 Å². The Kier molecular flexibility index (Phi) is 4.74. The number of nitrogens with zero attached hydrogens (tertiary/aromatic N) is 1. The minimum atomic E-state index is -0.387.